The number of aromatic nitrogens is 1. The minimum atomic E-state index is -0.255. The van der Waals surface area contributed by atoms with Crippen LogP contribution in [0.4, 0.5) is 9.80 Å². The van der Waals surface area contributed by atoms with Gasteiger partial charge in [-0.15, -0.1) is 11.3 Å². The van der Waals surface area contributed by atoms with Crippen molar-refractivity contribution in [3.8, 4) is 11.1 Å². The highest BCUT2D eigenvalue weighted by atomic mass is 32.2. The van der Waals surface area contributed by atoms with Crippen molar-refractivity contribution < 1.29 is 19.1 Å². The summed E-state index contributed by atoms with van der Waals surface area (Å²) in [4.78, 5) is 44.1. The van der Waals surface area contributed by atoms with Gasteiger partial charge in [-0.1, -0.05) is 11.8 Å². The maximum atomic E-state index is 12.7. The largest absolute Gasteiger partial charge is 0.378 e. The average Bonchev–Trinajstić information content (AvgIpc) is 3.34. The number of nitrogens with zero attached hydrogens (tertiary/aromatic N) is 3. The van der Waals surface area contributed by atoms with Crippen molar-refractivity contribution in [3.63, 3.8) is 0 Å². The Balaban J connectivity index is 1.49. The number of carbonyl (C=O) groups is 3. The zero-order valence-electron chi connectivity index (χ0n) is 15.6. The highest BCUT2D eigenvalue weighted by Gasteiger charge is 2.29. The number of thioether (sulfide) groups is 1. The minimum absolute atomic E-state index is 0.176. The van der Waals surface area contributed by atoms with E-state index in [-0.39, 0.29) is 35.9 Å². The van der Waals surface area contributed by atoms with Gasteiger partial charge >= 0.3 is 0 Å². The van der Waals surface area contributed by atoms with Crippen molar-refractivity contribution in [1.29, 1.82) is 0 Å². The third-order valence-corrected chi connectivity index (χ3v) is 6.74. The quantitative estimate of drug-likeness (QED) is 0.747. The van der Waals surface area contributed by atoms with E-state index in [0.29, 0.717) is 18.1 Å². The molecule has 1 N–H and O–H groups in total. The molecule has 2 aromatic heterocycles. The predicted octanol–water partition coefficient (Wildman–Crippen LogP) is 2.07. The molecule has 0 radical (unpaired) electrons. The van der Waals surface area contributed by atoms with Gasteiger partial charge in [-0.25, -0.2) is 0 Å². The number of hydrogen-bond donors (Lipinski definition) is 1. The standard InChI is InChI=1S/C19H20N4O4S2/c24-16-12-28-19(26)23(16)6-5-21-17(25)15-11-14(13-1-3-20-4-2-13)18(29-15)22-7-9-27-10-8-22/h1-4,11H,5-10,12H2,(H,21,25). The third kappa shape index (κ3) is 4.44. The van der Waals surface area contributed by atoms with Crippen LogP contribution in [0.2, 0.25) is 0 Å². The zero-order chi connectivity index (χ0) is 20.2. The first-order valence-electron chi connectivity index (χ1n) is 9.26. The van der Waals surface area contributed by atoms with Crippen LogP contribution in [0.1, 0.15) is 9.67 Å². The van der Waals surface area contributed by atoms with E-state index in [1.54, 1.807) is 12.4 Å². The number of amides is 3. The molecule has 0 aliphatic carbocycles. The molecule has 2 saturated heterocycles. The topological polar surface area (TPSA) is 91.8 Å². The van der Waals surface area contributed by atoms with Crippen LogP contribution in [0.5, 0.6) is 0 Å². The van der Waals surface area contributed by atoms with Crippen molar-refractivity contribution in [2.45, 2.75) is 0 Å². The Morgan fingerprint density at radius 2 is 1.97 bits per heavy atom. The summed E-state index contributed by atoms with van der Waals surface area (Å²) in [6.45, 7) is 3.28. The Labute approximate surface area is 176 Å². The first-order valence-corrected chi connectivity index (χ1v) is 11.1. The highest BCUT2D eigenvalue weighted by molar-refractivity contribution is 8.14. The summed E-state index contributed by atoms with van der Waals surface area (Å²) in [6.07, 6.45) is 3.47. The second-order valence-corrected chi connectivity index (χ2v) is 8.48. The lowest BCUT2D eigenvalue weighted by Gasteiger charge is -2.28. The monoisotopic (exact) mass is 432 g/mol. The van der Waals surface area contributed by atoms with Gasteiger partial charge in [-0.05, 0) is 23.8 Å². The summed E-state index contributed by atoms with van der Waals surface area (Å²) in [5.74, 6) is -0.243. The van der Waals surface area contributed by atoms with Crippen LogP contribution < -0.4 is 10.2 Å². The molecular weight excluding hydrogens is 412 g/mol. The summed E-state index contributed by atoms with van der Waals surface area (Å²) in [6, 6.07) is 5.74. The number of ether oxygens (including phenoxy) is 1. The first kappa shape index (κ1) is 19.9. The van der Waals surface area contributed by atoms with Crippen LogP contribution in [-0.4, -0.2) is 72.1 Å². The lowest BCUT2D eigenvalue weighted by atomic mass is 10.1. The molecule has 2 aromatic rings. The predicted molar refractivity (Wildman–Crippen MR) is 112 cm³/mol. The normalized spacial score (nSPS) is 17.1. The van der Waals surface area contributed by atoms with Crippen molar-refractivity contribution in [1.82, 2.24) is 15.2 Å². The third-order valence-electron chi connectivity index (χ3n) is 4.69. The fourth-order valence-electron chi connectivity index (χ4n) is 3.20. The van der Waals surface area contributed by atoms with Gasteiger partial charge in [0.2, 0.25) is 5.91 Å². The molecule has 8 nitrogen and oxygen atoms in total. The molecule has 29 heavy (non-hydrogen) atoms. The van der Waals surface area contributed by atoms with E-state index in [4.69, 9.17) is 4.74 Å². The fourth-order valence-corrected chi connectivity index (χ4v) is 5.10. The maximum Gasteiger partial charge on any atom is 0.288 e. The van der Waals surface area contributed by atoms with E-state index in [1.165, 1.54) is 16.2 Å². The van der Waals surface area contributed by atoms with Crippen LogP contribution in [0.3, 0.4) is 0 Å². The van der Waals surface area contributed by atoms with Gasteiger partial charge in [0.25, 0.3) is 11.1 Å². The molecule has 0 spiro atoms. The number of rotatable bonds is 6. The van der Waals surface area contributed by atoms with E-state index in [1.807, 2.05) is 18.2 Å². The molecule has 0 atom stereocenters. The van der Waals surface area contributed by atoms with Gasteiger partial charge in [0.15, 0.2) is 0 Å². The Morgan fingerprint density at radius 1 is 1.21 bits per heavy atom. The second-order valence-electron chi connectivity index (χ2n) is 6.52. The molecule has 0 unspecified atom stereocenters. The average molecular weight is 433 g/mol. The van der Waals surface area contributed by atoms with E-state index in [0.717, 1.165) is 41.0 Å². The van der Waals surface area contributed by atoms with Crippen molar-refractivity contribution >= 4 is 45.2 Å². The van der Waals surface area contributed by atoms with Crippen LogP contribution in [-0.2, 0) is 9.53 Å². The molecule has 4 heterocycles. The van der Waals surface area contributed by atoms with Crippen molar-refractivity contribution in [2.24, 2.45) is 0 Å². The van der Waals surface area contributed by atoms with Gasteiger partial charge < -0.3 is 15.0 Å². The molecule has 0 bridgehead atoms. The molecule has 0 saturated carbocycles. The van der Waals surface area contributed by atoms with E-state index < -0.39 is 0 Å². The summed E-state index contributed by atoms with van der Waals surface area (Å²) >= 11 is 2.43. The number of pyridine rings is 1. The van der Waals surface area contributed by atoms with Crippen molar-refractivity contribution in [2.75, 3.05) is 50.0 Å². The summed E-state index contributed by atoms with van der Waals surface area (Å²) in [5, 5.41) is 3.60. The summed E-state index contributed by atoms with van der Waals surface area (Å²) in [7, 11) is 0. The van der Waals surface area contributed by atoms with Crippen LogP contribution in [0.25, 0.3) is 11.1 Å². The van der Waals surface area contributed by atoms with Crippen molar-refractivity contribution in [3.05, 3.63) is 35.5 Å². The fraction of sp³-hybridized carbons (Fsp3) is 0.368. The molecule has 4 rings (SSSR count). The lowest BCUT2D eigenvalue weighted by molar-refractivity contribution is -0.124. The van der Waals surface area contributed by atoms with Gasteiger partial charge in [0, 0.05) is 44.1 Å². The number of imide groups is 1. The maximum absolute atomic E-state index is 12.7. The summed E-state index contributed by atoms with van der Waals surface area (Å²) < 4.78 is 5.45. The van der Waals surface area contributed by atoms with E-state index in [9.17, 15) is 14.4 Å². The lowest BCUT2D eigenvalue weighted by Crippen LogP contribution is -2.37. The Morgan fingerprint density at radius 3 is 2.66 bits per heavy atom. The number of nitrogens with one attached hydrogen (secondary N) is 1. The Kier molecular flexibility index (Phi) is 6.12. The SMILES string of the molecule is O=C(NCCN1C(=O)CSC1=O)c1cc(-c2ccncc2)c(N2CCOCC2)s1. The van der Waals surface area contributed by atoms with Crippen LogP contribution in [0, 0.1) is 0 Å². The number of morpholine rings is 1. The molecule has 2 aliphatic rings. The molecule has 0 aromatic carbocycles. The van der Waals surface area contributed by atoms with Crippen LogP contribution in [0.15, 0.2) is 30.6 Å². The second kappa shape index (κ2) is 8.93. The molecule has 2 fully saturated rings. The van der Waals surface area contributed by atoms with Gasteiger partial charge in [0.1, 0.15) is 0 Å². The Bertz CT molecular complexity index is 896. The smallest absolute Gasteiger partial charge is 0.288 e. The first-order chi connectivity index (χ1) is 14.1. The van der Waals surface area contributed by atoms with Crippen LogP contribution >= 0.6 is 23.1 Å². The molecule has 3 amide bonds. The van der Waals surface area contributed by atoms with Gasteiger partial charge in [0.05, 0.1) is 28.8 Å². The summed E-state index contributed by atoms with van der Waals surface area (Å²) in [5.41, 5.74) is 1.99. The number of anilines is 1. The van der Waals surface area contributed by atoms with E-state index in [2.05, 4.69) is 15.2 Å². The molecule has 10 heteroatoms. The molecule has 152 valence electrons. The Hall–Kier alpha value is -2.43. The van der Waals surface area contributed by atoms with Gasteiger partial charge in [-0.3, -0.25) is 24.3 Å². The number of thiophene rings is 1. The molecular formula is C19H20N4O4S2. The molecule has 2 aliphatic heterocycles. The minimum Gasteiger partial charge on any atom is -0.378 e. The highest BCUT2D eigenvalue weighted by Crippen LogP contribution is 2.39. The number of hydrogen-bond acceptors (Lipinski definition) is 8. The van der Waals surface area contributed by atoms with Gasteiger partial charge in [-0.2, -0.15) is 0 Å². The number of carbonyl (C=O) groups excluding carboxylic acids is 3. The zero-order valence-corrected chi connectivity index (χ0v) is 17.3. The van der Waals surface area contributed by atoms with E-state index >= 15 is 0 Å².